The number of halogens is 1. The molecule has 0 saturated carbocycles. The van der Waals surface area contributed by atoms with Gasteiger partial charge in [0.25, 0.3) is 5.91 Å². The minimum atomic E-state index is -1.28. The van der Waals surface area contributed by atoms with Crippen LogP contribution in [0.3, 0.4) is 0 Å². The van der Waals surface area contributed by atoms with Gasteiger partial charge in [0, 0.05) is 39.3 Å². The molecule has 0 spiro atoms. The fourth-order valence-corrected chi connectivity index (χ4v) is 5.21. The van der Waals surface area contributed by atoms with Crippen molar-refractivity contribution in [3.63, 3.8) is 0 Å². The summed E-state index contributed by atoms with van der Waals surface area (Å²) in [6.07, 6.45) is -0.861. The molecular formula is C28H31FN4O3. The number of aliphatic hydroxyl groups is 1. The second-order valence-electron chi connectivity index (χ2n) is 9.85. The largest absolute Gasteiger partial charge is 0.390 e. The van der Waals surface area contributed by atoms with Gasteiger partial charge >= 0.3 is 6.03 Å². The lowest BCUT2D eigenvalue weighted by Crippen LogP contribution is -2.50. The van der Waals surface area contributed by atoms with Gasteiger partial charge in [0.1, 0.15) is 11.4 Å². The molecule has 8 heteroatoms. The number of hydrogen-bond acceptors (Lipinski definition) is 5. The molecule has 0 aromatic heterocycles. The zero-order valence-corrected chi connectivity index (χ0v) is 20.4. The van der Waals surface area contributed by atoms with Gasteiger partial charge in [0.05, 0.1) is 12.6 Å². The highest BCUT2D eigenvalue weighted by molar-refractivity contribution is 6.07. The van der Waals surface area contributed by atoms with E-state index in [0.29, 0.717) is 12.1 Å². The maximum Gasteiger partial charge on any atom is 0.325 e. The van der Waals surface area contributed by atoms with E-state index in [1.807, 2.05) is 0 Å². The van der Waals surface area contributed by atoms with Gasteiger partial charge in [-0.1, -0.05) is 54.6 Å². The highest BCUT2D eigenvalue weighted by Gasteiger charge is 2.49. The number of carbonyl (C=O) groups excluding carboxylic acids is 2. The average Bonchev–Trinajstić information content (AvgIpc) is 3.09. The first kappa shape index (κ1) is 24.4. The van der Waals surface area contributed by atoms with Crippen LogP contribution in [0.2, 0.25) is 0 Å². The van der Waals surface area contributed by atoms with Crippen LogP contribution in [0.5, 0.6) is 0 Å². The molecule has 36 heavy (non-hydrogen) atoms. The summed E-state index contributed by atoms with van der Waals surface area (Å²) in [5.74, 6) is -0.860. The van der Waals surface area contributed by atoms with Crippen LogP contribution in [0.4, 0.5) is 9.18 Å². The minimum absolute atomic E-state index is 0.0856. The highest BCUT2D eigenvalue weighted by Crippen LogP contribution is 2.29. The first-order chi connectivity index (χ1) is 17.3. The van der Waals surface area contributed by atoms with Gasteiger partial charge in [-0.25, -0.2) is 9.18 Å². The van der Waals surface area contributed by atoms with Crippen molar-refractivity contribution in [3.05, 3.63) is 83.7 Å². The summed E-state index contributed by atoms with van der Waals surface area (Å²) < 4.78 is 13.3. The van der Waals surface area contributed by atoms with Crippen LogP contribution in [0, 0.1) is 5.82 Å². The van der Waals surface area contributed by atoms with Crippen molar-refractivity contribution in [2.75, 3.05) is 39.3 Å². The number of benzene rings is 3. The Bertz CT molecular complexity index is 1250. The molecule has 5 rings (SSSR count). The van der Waals surface area contributed by atoms with Gasteiger partial charge in [-0.3, -0.25) is 19.5 Å². The fraction of sp³-hybridized carbons (Fsp3) is 0.357. The number of hydrogen-bond donors (Lipinski definition) is 2. The monoisotopic (exact) mass is 490 g/mol. The number of fused-ring (bicyclic) bond motifs is 1. The van der Waals surface area contributed by atoms with E-state index < -0.39 is 29.4 Å². The third kappa shape index (κ3) is 4.84. The van der Waals surface area contributed by atoms with Crippen molar-refractivity contribution < 1.29 is 19.1 Å². The summed E-state index contributed by atoms with van der Waals surface area (Å²) in [7, 11) is 0. The molecule has 0 bridgehead atoms. The Labute approximate surface area is 210 Å². The molecule has 3 amide bonds. The SMILES string of the molecule is CC1(c2ccc(F)cc2)NC(=O)N(CC(O)CN2CCN(Cc3cccc4ccccc34)CC2)C1=O. The number of urea groups is 1. The Morgan fingerprint density at radius 2 is 1.58 bits per heavy atom. The molecule has 7 nitrogen and oxygen atoms in total. The lowest BCUT2D eigenvalue weighted by Gasteiger charge is -2.36. The van der Waals surface area contributed by atoms with Gasteiger partial charge in [0.2, 0.25) is 0 Å². The van der Waals surface area contributed by atoms with Crippen LogP contribution in [-0.2, 0) is 16.9 Å². The first-order valence-electron chi connectivity index (χ1n) is 12.3. The Hall–Kier alpha value is -3.33. The molecule has 3 aromatic rings. The third-order valence-corrected chi connectivity index (χ3v) is 7.30. The summed E-state index contributed by atoms with van der Waals surface area (Å²) >= 11 is 0. The molecule has 2 saturated heterocycles. The maximum absolute atomic E-state index is 13.3. The van der Waals surface area contributed by atoms with Crippen LogP contribution in [0.25, 0.3) is 10.8 Å². The number of piperazine rings is 1. The number of nitrogens with one attached hydrogen (secondary N) is 1. The Morgan fingerprint density at radius 1 is 0.917 bits per heavy atom. The van der Waals surface area contributed by atoms with Crippen molar-refractivity contribution in [2.45, 2.75) is 25.1 Å². The van der Waals surface area contributed by atoms with Gasteiger partial charge in [0.15, 0.2) is 0 Å². The van der Waals surface area contributed by atoms with E-state index in [1.54, 1.807) is 6.92 Å². The van der Waals surface area contributed by atoms with Crippen LogP contribution >= 0.6 is 0 Å². The normalized spacial score (nSPS) is 22.2. The molecule has 2 heterocycles. The summed E-state index contributed by atoms with van der Waals surface area (Å²) in [5.41, 5.74) is 0.531. The molecule has 2 unspecified atom stereocenters. The van der Waals surface area contributed by atoms with Gasteiger partial charge in [-0.05, 0) is 41.0 Å². The number of rotatable bonds is 7. The highest BCUT2D eigenvalue weighted by atomic mass is 19.1. The van der Waals surface area contributed by atoms with Crippen molar-refractivity contribution in [3.8, 4) is 0 Å². The maximum atomic E-state index is 13.3. The lowest BCUT2D eigenvalue weighted by atomic mass is 9.92. The van der Waals surface area contributed by atoms with E-state index in [1.165, 1.54) is 40.6 Å². The van der Waals surface area contributed by atoms with Gasteiger partial charge in [-0.15, -0.1) is 0 Å². The minimum Gasteiger partial charge on any atom is -0.390 e. The lowest BCUT2D eigenvalue weighted by molar-refractivity contribution is -0.132. The predicted octanol–water partition coefficient (Wildman–Crippen LogP) is 2.92. The summed E-state index contributed by atoms with van der Waals surface area (Å²) in [6, 6.07) is 19.8. The number of aliphatic hydroxyl groups excluding tert-OH is 1. The van der Waals surface area contributed by atoms with Gasteiger partial charge in [-0.2, -0.15) is 0 Å². The Morgan fingerprint density at radius 3 is 2.33 bits per heavy atom. The fourth-order valence-electron chi connectivity index (χ4n) is 5.21. The van der Waals surface area contributed by atoms with Gasteiger partial charge < -0.3 is 10.4 Å². The first-order valence-corrected chi connectivity index (χ1v) is 12.3. The zero-order valence-electron chi connectivity index (χ0n) is 20.4. The molecule has 2 aliphatic heterocycles. The smallest absolute Gasteiger partial charge is 0.325 e. The van der Waals surface area contributed by atoms with Crippen LogP contribution in [0.15, 0.2) is 66.7 Å². The standard InChI is InChI=1S/C28H31FN4O3/c1-28(22-9-11-23(29)12-10-22)26(35)33(27(36)30-28)19-24(34)18-32-15-13-31(14-16-32)17-21-7-4-6-20-5-2-3-8-25(20)21/h2-12,24,34H,13-19H2,1H3,(H,30,36). The molecular weight excluding hydrogens is 459 g/mol. The molecule has 0 aliphatic carbocycles. The molecule has 2 atom stereocenters. The summed E-state index contributed by atoms with van der Waals surface area (Å²) in [5, 5.41) is 15.9. The summed E-state index contributed by atoms with van der Waals surface area (Å²) in [4.78, 5) is 31.3. The Kier molecular flexibility index (Phi) is 6.75. The quantitative estimate of drug-likeness (QED) is 0.498. The Balaban J connectivity index is 1.14. The van der Waals surface area contributed by atoms with E-state index >= 15 is 0 Å². The van der Waals surface area contributed by atoms with Crippen LogP contribution in [0.1, 0.15) is 18.1 Å². The molecule has 2 aliphatic rings. The van der Waals surface area contributed by atoms with E-state index in [4.69, 9.17) is 0 Å². The molecule has 2 N–H and O–H groups in total. The van der Waals surface area contributed by atoms with Crippen molar-refractivity contribution in [1.29, 1.82) is 0 Å². The number of β-amino-alcohol motifs (C(OH)–C–C–N with tert-alkyl or cyclic N) is 1. The summed E-state index contributed by atoms with van der Waals surface area (Å²) in [6.45, 7) is 6.13. The molecule has 188 valence electrons. The molecule has 2 fully saturated rings. The molecule has 3 aromatic carbocycles. The van der Waals surface area contributed by atoms with Crippen molar-refractivity contribution in [2.24, 2.45) is 0 Å². The zero-order chi connectivity index (χ0) is 25.3. The average molecular weight is 491 g/mol. The second kappa shape index (κ2) is 9.97. The number of amides is 3. The molecule has 0 radical (unpaired) electrons. The van der Waals surface area contributed by atoms with Crippen molar-refractivity contribution in [1.82, 2.24) is 20.0 Å². The number of nitrogens with zero attached hydrogens (tertiary/aromatic N) is 3. The van der Waals surface area contributed by atoms with Crippen molar-refractivity contribution >= 4 is 22.7 Å². The van der Waals surface area contributed by atoms with Crippen LogP contribution < -0.4 is 5.32 Å². The van der Waals surface area contributed by atoms with E-state index in [9.17, 15) is 19.1 Å². The van der Waals surface area contributed by atoms with E-state index in [-0.39, 0.29) is 6.54 Å². The third-order valence-electron chi connectivity index (χ3n) is 7.30. The second-order valence-corrected chi connectivity index (χ2v) is 9.85. The number of imide groups is 1. The topological polar surface area (TPSA) is 76.1 Å². The van der Waals surface area contributed by atoms with E-state index in [2.05, 4.69) is 57.6 Å². The van der Waals surface area contributed by atoms with Crippen LogP contribution in [-0.4, -0.2) is 77.1 Å². The predicted molar refractivity (Wildman–Crippen MR) is 136 cm³/mol. The van der Waals surface area contributed by atoms with E-state index in [0.717, 1.165) is 37.6 Å². The number of carbonyl (C=O) groups is 2.